The fraction of sp³-hybridized carbons (Fsp3) is 0.898. The lowest BCUT2D eigenvalue weighted by atomic mass is 10.0. The van der Waals surface area contributed by atoms with Gasteiger partial charge in [0.1, 0.15) is 0 Å². The number of aliphatic hydroxyl groups is 2. The number of aliphatic hydroxyl groups excluding tert-OH is 2. The van der Waals surface area contributed by atoms with Crippen molar-refractivity contribution < 1.29 is 24.5 Å². The highest BCUT2D eigenvalue weighted by Crippen LogP contribution is 2.16. The van der Waals surface area contributed by atoms with Crippen molar-refractivity contribution >= 4 is 11.9 Å². The molecule has 0 saturated carbocycles. The van der Waals surface area contributed by atoms with Crippen LogP contribution in [0, 0.1) is 0 Å². The number of rotatable bonds is 54. The van der Waals surface area contributed by atoms with Crippen LogP contribution >= 0.6 is 0 Å². The third-order valence-corrected chi connectivity index (χ3v) is 13.5. The minimum Gasteiger partial charge on any atom is -0.466 e. The van der Waals surface area contributed by atoms with Gasteiger partial charge in [-0.25, -0.2) is 0 Å². The largest absolute Gasteiger partial charge is 0.466 e. The van der Waals surface area contributed by atoms with E-state index in [1.165, 1.54) is 238 Å². The van der Waals surface area contributed by atoms with E-state index in [1.807, 2.05) is 0 Å². The van der Waals surface area contributed by atoms with E-state index in [9.17, 15) is 19.8 Å². The second-order valence-electron chi connectivity index (χ2n) is 20.0. The van der Waals surface area contributed by atoms with E-state index in [-0.39, 0.29) is 18.5 Å². The minimum atomic E-state index is -0.669. The first-order valence-electron chi connectivity index (χ1n) is 29.1. The number of ether oxygens (including phenoxy) is 1. The van der Waals surface area contributed by atoms with Crippen LogP contribution in [0.4, 0.5) is 0 Å². The quantitative estimate of drug-likeness (QED) is 0.0321. The maximum absolute atomic E-state index is 12.4. The smallest absolute Gasteiger partial charge is 0.305 e. The van der Waals surface area contributed by atoms with Gasteiger partial charge in [-0.2, -0.15) is 0 Å². The molecule has 384 valence electrons. The Bertz CT molecular complexity index is 1010. The summed E-state index contributed by atoms with van der Waals surface area (Å²) in [6, 6.07) is -0.547. The molecular formula is C59H113NO5. The highest BCUT2D eigenvalue weighted by molar-refractivity contribution is 5.76. The molecule has 1 amide bonds. The summed E-state index contributed by atoms with van der Waals surface area (Å²) in [4.78, 5) is 24.5. The molecule has 0 aromatic rings. The van der Waals surface area contributed by atoms with Crippen molar-refractivity contribution in [3.8, 4) is 0 Å². The van der Waals surface area contributed by atoms with Gasteiger partial charge in [-0.15, -0.1) is 0 Å². The predicted molar refractivity (Wildman–Crippen MR) is 283 cm³/mol. The van der Waals surface area contributed by atoms with E-state index in [1.54, 1.807) is 0 Å². The Kier molecular flexibility index (Phi) is 53.5. The van der Waals surface area contributed by atoms with Crippen LogP contribution in [-0.4, -0.2) is 47.4 Å². The van der Waals surface area contributed by atoms with Crippen molar-refractivity contribution in [2.24, 2.45) is 0 Å². The number of amides is 1. The molecule has 0 fully saturated rings. The molecule has 0 saturated heterocycles. The number of allylic oxidation sites excluding steroid dienone is 4. The van der Waals surface area contributed by atoms with Crippen molar-refractivity contribution in [2.45, 2.75) is 328 Å². The van der Waals surface area contributed by atoms with Gasteiger partial charge in [0, 0.05) is 12.8 Å². The van der Waals surface area contributed by atoms with Crippen LogP contribution in [0.5, 0.6) is 0 Å². The van der Waals surface area contributed by atoms with Crippen LogP contribution in [0.15, 0.2) is 24.3 Å². The van der Waals surface area contributed by atoms with Crippen LogP contribution < -0.4 is 5.32 Å². The number of esters is 1. The molecule has 65 heavy (non-hydrogen) atoms. The van der Waals surface area contributed by atoms with Crippen molar-refractivity contribution in [3.63, 3.8) is 0 Å². The predicted octanol–water partition coefficient (Wildman–Crippen LogP) is 17.9. The molecule has 2 atom stereocenters. The minimum absolute atomic E-state index is 0.00111. The highest BCUT2D eigenvalue weighted by Gasteiger charge is 2.20. The SMILES string of the molecule is CCCCCCCCC/C=C\CCCCCCCCCC(=O)OCCCCCCCCCC/C=C\CCCCCCCCCC(=O)NC(CO)C(O)CCCCCCCCCCCCC. The first kappa shape index (κ1) is 63.3. The van der Waals surface area contributed by atoms with Gasteiger partial charge in [0.25, 0.3) is 0 Å². The van der Waals surface area contributed by atoms with Crippen LogP contribution in [0.1, 0.15) is 316 Å². The molecule has 0 radical (unpaired) electrons. The summed E-state index contributed by atoms with van der Waals surface area (Å²) in [7, 11) is 0. The summed E-state index contributed by atoms with van der Waals surface area (Å²) in [5, 5.41) is 23.2. The van der Waals surface area contributed by atoms with Gasteiger partial charge in [0.2, 0.25) is 5.91 Å². The average molecular weight is 917 g/mol. The van der Waals surface area contributed by atoms with Gasteiger partial charge in [0.05, 0.1) is 25.4 Å². The van der Waals surface area contributed by atoms with Gasteiger partial charge in [-0.1, -0.05) is 250 Å². The molecule has 6 nitrogen and oxygen atoms in total. The van der Waals surface area contributed by atoms with Crippen LogP contribution in [-0.2, 0) is 14.3 Å². The number of unbranched alkanes of at least 4 members (excludes halogenated alkanes) is 39. The molecule has 0 bridgehead atoms. The number of nitrogens with one attached hydrogen (secondary N) is 1. The van der Waals surface area contributed by atoms with Crippen molar-refractivity contribution in [1.82, 2.24) is 5.32 Å². The second kappa shape index (κ2) is 54.9. The lowest BCUT2D eigenvalue weighted by Gasteiger charge is -2.22. The maximum Gasteiger partial charge on any atom is 0.305 e. The van der Waals surface area contributed by atoms with E-state index < -0.39 is 12.1 Å². The van der Waals surface area contributed by atoms with Crippen LogP contribution in [0.25, 0.3) is 0 Å². The van der Waals surface area contributed by atoms with Crippen molar-refractivity contribution in [2.75, 3.05) is 13.2 Å². The van der Waals surface area contributed by atoms with E-state index in [0.29, 0.717) is 25.9 Å². The Labute approximate surface area is 405 Å². The summed E-state index contributed by atoms with van der Waals surface area (Å²) >= 11 is 0. The van der Waals surface area contributed by atoms with Crippen LogP contribution in [0.3, 0.4) is 0 Å². The van der Waals surface area contributed by atoms with Gasteiger partial charge in [-0.3, -0.25) is 9.59 Å². The third-order valence-electron chi connectivity index (χ3n) is 13.5. The lowest BCUT2D eigenvalue weighted by Crippen LogP contribution is -2.45. The monoisotopic (exact) mass is 916 g/mol. The Morgan fingerprint density at radius 2 is 0.723 bits per heavy atom. The van der Waals surface area contributed by atoms with E-state index in [0.717, 1.165) is 44.9 Å². The van der Waals surface area contributed by atoms with E-state index in [2.05, 4.69) is 43.5 Å². The van der Waals surface area contributed by atoms with Gasteiger partial charge in [0.15, 0.2) is 0 Å². The lowest BCUT2D eigenvalue weighted by molar-refractivity contribution is -0.143. The Balaban J connectivity index is 3.41. The third kappa shape index (κ3) is 51.6. The first-order chi connectivity index (χ1) is 32.0. The summed E-state index contributed by atoms with van der Waals surface area (Å²) in [5.41, 5.74) is 0. The molecule has 0 aliphatic rings. The number of carbonyl (C=O) groups excluding carboxylic acids is 2. The van der Waals surface area contributed by atoms with Crippen molar-refractivity contribution in [1.29, 1.82) is 0 Å². The van der Waals surface area contributed by atoms with Crippen molar-refractivity contribution in [3.05, 3.63) is 24.3 Å². The molecule has 3 N–H and O–H groups in total. The molecule has 6 heteroatoms. The molecular weight excluding hydrogens is 803 g/mol. The standard InChI is InChI=1S/C59H113NO5/c1-3-5-7-9-11-13-15-16-17-18-23-26-29-33-37-41-45-49-53-59(64)65-54-50-46-42-38-34-30-27-24-21-19-20-22-25-28-32-36-40-44-48-52-58(63)60-56(55-61)57(62)51-47-43-39-35-31-14-12-10-8-6-4-2/h17-20,56-57,61-62H,3-16,21-55H2,1-2H3,(H,60,63)/b18-17-,20-19-. The molecule has 0 heterocycles. The van der Waals surface area contributed by atoms with Crippen LogP contribution in [0.2, 0.25) is 0 Å². The molecule has 0 aliphatic carbocycles. The normalized spacial score (nSPS) is 12.7. The molecule has 0 aromatic heterocycles. The second-order valence-corrected chi connectivity index (χ2v) is 20.0. The molecule has 0 rings (SSSR count). The average Bonchev–Trinajstić information content (AvgIpc) is 3.31. The summed E-state index contributed by atoms with van der Waals surface area (Å²) in [6.07, 6.45) is 66.0. The van der Waals surface area contributed by atoms with Gasteiger partial charge >= 0.3 is 5.97 Å². The molecule has 0 aromatic carbocycles. The maximum atomic E-state index is 12.4. The number of hydrogen-bond acceptors (Lipinski definition) is 5. The Hall–Kier alpha value is -1.66. The zero-order valence-electron chi connectivity index (χ0n) is 43.7. The molecule has 0 spiro atoms. The number of carbonyl (C=O) groups is 2. The molecule has 2 unspecified atom stereocenters. The van der Waals surface area contributed by atoms with E-state index in [4.69, 9.17) is 4.74 Å². The zero-order valence-corrected chi connectivity index (χ0v) is 43.7. The topological polar surface area (TPSA) is 95.9 Å². The fourth-order valence-electron chi connectivity index (χ4n) is 8.98. The summed E-state index contributed by atoms with van der Waals surface area (Å²) < 4.78 is 5.48. The fourth-order valence-corrected chi connectivity index (χ4v) is 8.98. The van der Waals surface area contributed by atoms with Gasteiger partial charge < -0.3 is 20.3 Å². The first-order valence-corrected chi connectivity index (χ1v) is 29.1. The Morgan fingerprint density at radius 1 is 0.415 bits per heavy atom. The number of hydrogen-bond donors (Lipinski definition) is 3. The van der Waals surface area contributed by atoms with Gasteiger partial charge in [-0.05, 0) is 77.0 Å². The Morgan fingerprint density at radius 3 is 1.09 bits per heavy atom. The zero-order chi connectivity index (χ0) is 47.2. The summed E-state index contributed by atoms with van der Waals surface area (Å²) in [5.74, 6) is -0.0442. The van der Waals surface area contributed by atoms with E-state index >= 15 is 0 Å². The summed E-state index contributed by atoms with van der Waals surface area (Å²) in [6.45, 7) is 4.94. The molecule has 0 aliphatic heterocycles. The highest BCUT2D eigenvalue weighted by atomic mass is 16.5.